The number of aromatic nitrogens is 2. The number of nitrogens with zero attached hydrogens (tertiary/aromatic N) is 1. The molecule has 0 radical (unpaired) electrons. The number of carboxylic acids is 1. The lowest BCUT2D eigenvalue weighted by Gasteiger charge is -2.33. The molecular formula is C20H25N3O4. The molecule has 3 N–H and O–H groups in total. The second-order valence-electron chi connectivity index (χ2n) is 7.31. The van der Waals surface area contributed by atoms with Gasteiger partial charge in [0.15, 0.2) is 0 Å². The van der Waals surface area contributed by atoms with Crippen molar-refractivity contribution in [3.63, 3.8) is 0 Å². The van der Waals surface area contributed by atoms with Gasteiger partial charge in [-0.2, -0.15) is 0 Å². The van der Waals surface area contributed by atoms with E-state index in [9.17, 15) is 19.5 Å². The monoisotopic (exact) mass is 371 g/mol. The number of rotatable bonds is 7. The molecule has 0 aliphatic heterocycles. The molecule has 144 valence electrons. The Kier molecular flexibility index (Phi) is 5.88. The van der Waals surface area contributed by atoms with E-state index >= 15 is 0 Å². The van der Waals surface area contributed by atoms with Gasteiger partial charge in [-0.25, -0.2) is 4.98 Å². The molecule has 1 aliphatic rings. The van der Waals surface area contributed by atoms with Gasteiger partial charge in [0.25, 0.3) is 5.56 Å². The molecule has 1 saturated carbocycles. The lowest BCUT2D eigenvalue weighted by molar-refractivity contribution is -0.151. The number of hydrogen-bond donors (Lipinski definition) is 3. The summed E-state index contributed by atoms with van der Waals surface area (Å²) in [4.78, 5) is 43.0. The Morgan fingerprint density at radius 1 is 1.19 bits per heavy atom. The van der Waals surface area contributed by atoms with E-state index in [2.05, 4.69) is 15.3 Å². The molecule has 1 fully saturated rings. The van der Waals surface area contributed by atoms with Crippen LogP contribution in [0, 0.1) is 5.41 Å². The Morgan fingerprint density at radius 2 is 1.93 bits per heavy atom. The summed E-state index contributed by atoms with van der Waals surface area (Å²) in [5.41, 5.74) is -0.360. The van der Waals surface area contributed by atoms with E-state index in [0.29, 0.717) is 42.4 Å². The van der Waals surface area contributed by atoms with Crippen LogP contribution in [0.5, 0.6) is 0 Å². The first-order chi connectivity index (χ1) is 13.0. The van der Waals surface area contributed by atoms with E-state index in [4.69, 9.17) is 0 Å². The zero-order valence-corrected chi connectivity index (χ0v) is 15.3. The van der Waals surface area contributed by atoms with Crippen LogP contribution < -0.4 is 10.9 Å². The number of nitrogens with one attached hydrogen (secondary N) is 2. The fourth-order valence-electron chi connectivity index (χ4n) is 3.72. The molecule has 2 aromatic rings. The van der Waals surface area contributed by atoms with Crippen LogP contribution in [0.3, 0.4) is 0 Å². The molecule has 7 nitrogen and oxygen atoms in total. The first-order valence-corrected chi connectivity index (χ1v) is 9.48. The summed E-state index contributed by atoms with van der Waals surface area (Å²) < 4.78 is 0. The highest BCUT2D eigenvalue weighted by atomic mass is 16.4. The van der Waals surface area contributed by atoms with Gasteiger partial charge in [-0.15, -0.1) is 0 Å². The molecule has 27 heavy (non-hydrogen) atoms. The zero-order chi connectivity index (χ0) is 19.3. The molecule has 7 heteroatoms. The van der Waals surface area contributed by atoms with Crippen LogP contribution in [0.25, 0.3) is 10.9 Å². The van der Waals surface area contributed by atoms with Crippen LogP contribution in [0.1, 0.15) is 50.8 Å². The van der Waals surface area contributed by atoms with E-state index in [-0.39, 0.29) is 24.4 Å². The summed E-state index contributed by atoms with van der Waals surface area (Å²) in [7, 11) is 0. The number of carbonyl (C=O) groups is 2. The highest BCUT2D eigenvalue weighted by Crippen LogP contribution is 2.36. The minimum Gasteiger partial charge on any atom is -0.481 e. The number of para-hydroxylation sites is 1. The molecule has 1 aromatic carbocycles. The second-order valence-corrected chi connectivity index (χ2v) is 7.31. The summed E-state index contributed by atoms with van der Waals surface area (Å²) in [6, 6.07) is 7.13. The summed E-state index contributed by atoms with van der Waals surface area (Å²) in [5.74, 6) is -0.425. The van der Waals surface area contributed by atoms with Crippen molar-refractivity contribution in [2.45, 2.75) is 51.4 Å². The second kappa shape index (κ2) is 8.33. The Balaban J connectivity index is 1.51. The number of carbonyl (C=O) groups excluding carboxylic acids is 1. The normalized spacial score (nSPS) is 16.1. The van der Waals surface area contributed by atoms with Crippen molar-refractivity contribution in [2.75, 3.05) is 6.54 Å². The fraction of sp³-hybridized carbons (Fsp3) is 0.500. The van der Waals surface area contributed by atoms with E-state index < -0.39 is 11.4 Å². The van der Waals surface area contributed by atoms with Gasteiger partial charge in [0.05, 0.1) is 16.3 Å². The Hall–Kier alpha value is -2.70. The highest BCUT2D eigenvalue weighted by Gasteiger charge is 2.39. The number of H-pyrrole nitrogens is 1. The number of carboxylic acid groups (broad SMARTS) is 1. The molecule has 1 amide bonds. The third-order valence-electron chi connectivity index (χ3n) is 5.37. The van der Waals surface area contributed by atoms with E-state index in [1.165, 1.54) is 0 Å². The Bertz CT molecular complexity index is 884. The van der Waals surface area contributed by atoms with Gasteiger partial charge in [0.1, 0.15) is 5.82 Å². The van der Waals surface area contributed by atoms with Gasteiger partial charge in [0.2, 0.25) is 5.91 Å². The molecule has 0 bridgehead atoms. The number of aliphatic carboxylic acids is 1. The van der Waals surface area contributed by atoms with Crippen molar-refractivity contribution < 1.29 is 14.7 Å². The number of aromatic amines is 1. The van der Waals surface area contributed by atoms with Crippen LogP contribution >= 0.6 is 0 Å². The van der Waals surface area contributed by atoms with E-state index in [1.807, 2.05) is 6.07 Å². The summed E-state index contributed by atoms with van der Waals surface area (Å²) in [6.45, 7) is 0.187. The molecule has 0 unspecified atom stereocenters. The zero-order valence-electron chi connectivity index (χ0n) is 15.3. The summed E-state index contributed by atoms with van der Waals surface area (Å²) in [6.07, 6.45) is 5.36. The van der Waals surface area contributed by atoms with Crippen LogP contribution in [0.2, 0.25) is 0 Å². The molecule has 3 rings (SSSR count). The van der Waals surface area contributed by atoms with Crippen LogP contribution in [-0.2, 0) is 16.0 Å². The van der Waals surface area contributed by atoms with Gasteiger partial charge in [-0.05, 0) is 31.4 Å². The van der Waals surface area contributed by atoms with Crippen LogP contribution in [0.4, 0.5) is 0 Å². The van der Waals surface area contributed by atoms with E-state index in [0.717, 1.165) is 19.3 Å². The smallest absolute Gasteiger partial charge is 0.311 e. The molecule has 0 spiro atoms. The number of aryl methyl sites for hydroxylation is 1. The van der Waals surface area contributed by atoms with Crippen molar-refractivity contribution in [2.24, 2.45) is 5.41 Å². The quantitative estimate of drug-likeness (QED) is 0.692. The van der Waals surface area contributed by atoms with Crippen molar-refractivity contribution in [1.29, 1.82) is 0 Å². The average Bonchev–Trinajstić information content (AvgIpc) is 2.67. The third-order valence-corrected chi connectivity index (χ3v) is 5.37. The molecule has 1 heterocycles. The maximum Gasteiger partial charge on any atom is 0.311 e. The van der Waals surface area contributed by atoms with Gasteiger partial charge < -0.3 is 15.4 Å². The summed E-state index contributed by atoms with van der Waals surface area (Å²) in [5, 5.41) is 12.9. The molecule has 1 aromatic heterocycles. The Morgan fingerprint density at radius 3 is 2.67 bits per heavy atom. The van der Waals surface area contributed by atoms with E-state index in [1.54, 1.807) is 18.2 Å². The molecule has 0 saturated heterocycles. The average molecular weight is 371 g/mol. The molecule has 0 atom stereocenters. The topological polar surface area (TPSA) is 112 Å². The lowest BCUT2D eigenvalue weighted by atomic mass is 9.74. The van der Waals surface area contributed by atoms with Crippen LogP contribution in [0.15, 0.2) is 29.1 Å². The largest absolute Gasteiger partial charge is 0.481 e. The number of amides is 1. The van der Waals surface area contributed by atoms with Gasteiger partial charge in [-0.3, -0.25) is 14.4 Å². The minimum absolute atomic E-state index is 0.163. The summed E-state index contributed by atoms with van der Waals surface area (Å²) >= 11 is 0. The SMILES string of the molecule is O=C(CCCc1nc2ccccc2c(=O)[nH]1)NCC1(C(=O)O)CCCCC1. The molecule has 1 aliphatic carbocycles. The Labute approximate surface area is 157 Å². The van der Waals surface area contributed by atoms with Gasteiger partial charge in [-0.1, -0.05) is 31.4 Å². The predicted octanol–water partition coefficient (Wildman–Crippen LogP) is 2.40. The number of fused-ring (bicyclic) bond motifs is 1. The fourth-order valence-corrected chi connectivity index (χ4v) is 3.72. The standard InChI is InChI=1S/C20H25N3O4/c24-17(21-13-20(19(26)27)11-4-1-5-12-20)10-6-9-16-22-15-8-3-2-7-14(15)18(25)23-16/h2-3,7-8H,1,4-6,9-13H2,(H,21,24)(H,26,27)(H,22,23,25). The molecular weight excluding hydrogens is 346 g/mol. The predicted molar refractivity (Wildman–Crippen MR) is 101 cm³/mol. The van der Waals surface area contributed by atoms with Gasteiger partial charge in [0, 0.05) is 19.4 Å². The van der Waals surface area contributed by atoms with Crippen molar-refractivity contribution in [1.82, 2.24) is 15.3 Å². The minimum atomic E-state index is -0.820. The third kappa shape index (κ3) is 4.53. The van der Waals surface area contributed by atoms with Crippen molar-refractivity contribution in [3.05, 3.63) is 40.4 Å². The number of hydrogen-bond acceptors (Lipinski definition) is 4. The highest BCUT2D eigenvalue weighted by molar-refractivity contribution is 5.79. The lowest BCUT2D eigenvalue weighted by Crippen LogP contribution is -2.44. The maximum absolute atomic E-state index is 12.1. The maximum atomic E-state index is 12.1. The van der Waals surface area contributed by atoms with Crippen molar-refractivity contribution >= 4 is 22.8 Å². The van der Waals surface area contributed by atoms with Gasteiger partial charge >= 0.3 is 5.97 Å². The first kappa shape index (κ1) is 19.1. The first-order valence-electron chi connectivity index (χ1n) is 9.48. The number of benzene rings is 1. The van der Waals surface area contributed by atoms with Crippen molar-refractivity contribution in [3.8, 4) is 0 Å². The van der Waals surface area contributed by atoms with Crippen LogP contribution in [-0.4, -0.2) is 33.5 Å².